The predicted octanol–water partition coefficient (Wildman–Crippen LogP) is 6.03. The summed E-state index contributed by atoms with van der Waals surface area (Å²) in [6.45, 7) is 7.29. The maximum Gasteiger partial charge on any atom is 0.0417 e. The Balaban J connectivity index is 2.23. The zero-order valence-electron chi connectivity index (χ0n) is 12.4. The van der Waals surface area contributed by atoms with Gasteiger partial charge in [-0.15, -0.1) is 0 Å². The molecule has 1 N–H and O–H groups in total. The van der Waals surface area contributed by atoms with Crippen LogP contribution < -0.4 is 5.32 Å². The molecule has 0 spiro atoms. The quantitative estimate of drug-likeness (QED) is 0.729. The number of hydrogen-bond acceptors (Lipinski definition) is 2. The first-order valence-corrected chi connectivity index (χ1v) is 8.38. The summed E-state index contributed by atoms with van der Waals surface area (Å²) in [5, 5.41) is 5.01. The largest absolute Gasteiger partial charge is 0.308 e. The van der Waals surface area contributed by atoms with Crippen LogP contribution in [0.15, 0.2) is 52.3 Å². The first-order chi connectivity index (χ1) is 9.83. The summed E-state index contributed by atoms with van der Waals surface area (Å²) in [5.41, 5.74) is 1.32. The van der Waals surface area contributed by atoms with Crippen molar-refractivity contribution in [3.63, 3.8) is 0 Å². The summed E-state index contributed by atoms with van der Waals surface area (Å²) in [4.78, 5) is 2.27. The average molecular weight is 340 g/mol. The molecule has 0 aliphatic rings. The highest BCUT2D eigenvalue weighted by molar-refractivity contribution is 7.99. The average Bonchev–Trinajstić information content (AvgIpc) is 2.36. The highest BCUT2D eigenvalue weighted by Gasteiger charge is 2.11. The molecule has 0 saturated carbocycles. The van der Waals surface area contributed by atoms with Gasteiger partial charge in [0.1, 0.15) is 0 Å². The lowest BCUT2D eigenvalue weighted by Crippen LogP contribution is -2.35. The van der Waals surface area contributed by atoms with Gasteiger partial charge in [-0.05, 0) is 56.7 Å². The van der Waals surface area contributed by atoms with Crippen LogP contribution in [0.5, 0.6) is 0 Å². The van der Waals surface area contributed by atoms with Crippen molar-refractivity contribution in [1.82, 2.24) is 5.32 Å². The molecule has 0 aliphatic carbocycles. The molecule has 4 heteroatoms. The molecule has 21 heavy (non-hydrogen) atoms. The number of benzene rings is 2. The fraction of sp³-hybridized carbons (Fsp3) is 0.294. The Morgan fingerprint density at radius 2 is 1.71 bits per heavy atom. The maximum atomic E-state index is 6.14. The van der Waals surface area contributed by atoms with Crippen molar-refractivity contribution < 1.29 is 0 Å². The Morgan fingerprint density at radius 1 is 1.00 bits per heavy atom. The first-order valence-electron chi connectivity index (χ1n) is 6.80. The van der Waals surface area contributed by atoms with Crippen LogP contribution in [0.25, 0.3) is 0 Å². The molecule has 2 aromatic carbocycles. The SMILES string of the molecule is CC(C)(C)NCc1ccc(Cl)cc1Sc1cccc(Cl)c1. The van der Waals surface area contributed by atoms with Gasteiger partial charge in [0, 0.05) is 31.9 Å². The Hall–Kier alpha value is -0.670. The summed E-state index contributed by atoms with van der Waals surface area (Å²) in [6, 6.07) is 13.9. The second-order valence-corrected chi connectivity index (χ2v) is 7.90. The fourth-order valence-electron chi connectivity index (χ4n) is 1.79. The van der Waals surface area contributed by atoms with Crippen molar-refractivity contribution in [3.05, 3.63) is 58.1 Å². The van der Waals surface area contributed by atoms with Gasteiger partial charge in [0.25, 0.3) is 0 Å². The monoisotopic (exact) mass is 339 g/mol. The van der Waals surface area contributed by atoms with E-state index in [1.807, 2.05) is 30.3 Å². The van der Waals surface area contributed by atoms with E-state index in [1.54, 1.807) is 11.8 Å². The predicted molar refractivity (Wildman–Crippen MR) is 93.6 cm³/mol. The topological polar surface area (TPSA) is 12.0 Å². The summed E-state index contributed by atoms with van der Waals surface area (Å²) in [5.74, 6) is 0. The summed E-state index contributed by atoms with van der Waals surface area (Å²) in [7, 11) is 0. The highest BCUT2D eigenvalue weighted by Crippen LogP contribution is 2.33. The molecule has 0 unspecified atom stereocenters. The number of halogens is 2. The molecule has 1 nitrogen and oxygen atoms in total. The molecule has 0 aliphatic heterocycles. The van der Waals surface area contributed by atoms with Crippen LogP contribution >= 0.6 is 35.0 Å². The zero-order valence-corrected chi connectivity index (χ0v) is 14.7. The van der Waals surface area contributed by atoms with Gasteiger partial charge < -0.3 is 5.32 Å². The van der Waals surface area contributed by atoms with Crippen LogP contribution in [0.1, 0.15) is 26.3 Å². The Kier molecular flexibility index (Phi) is 5.61. The molecule has 0 saturated heterocycles. The van der Waals surface area contributed by atoms with E-state index in [9.17, 15) is 0 Å². The van der Waals surface area contributed by atoms with Crippen LogP contribution in [-0.2, 0) is 6.54 Å². The lowest BCUT2D eigenvalue weighted by atomic mass is 10.1. The second kappa shape index (κ2) is 7.06. The van der Waals surface area contributed by atoms with E-state index < -0.39 is 0 Å². The zero-order chi connectivity index (χ0) is 15.5. The fourth-order valence-corrected chi connectivity index (χ4v) is 3.32. The van der Waals surface area contributed by atoms with Gasteiger partial charge in [0.15, 0.2) is 0 Å². The molecule has 0 aromatic heterocycles. The van der Waals surface area contributed by atoms with Crippen LogP contribution in [0.3, 0.4) is 0 Å². The van der Waals surface area contributed by atoms with E-state index >= 15 is 0 Å². The van der Waals surface area contributed by atoms with E-state index in [0.717, 1.165) is 26.4 Å². The van der Waals surface area contributed by atoms with Gasteiger partial charge in [-0.2, -0.15) is 0 Å². The third-order valence-electron chi connectivity index (χ3n) is 2.86. The van der Waals surface area contributed by atoms with Gasteiger partial charge >= 0.3 is 0 Å². The van der Waals surface area contributed by atoms with Crippen molar-refractivity contribution in [2.75, 3.05) is 0 Å². The molecule has 0 bridgehead atoms. The minimum atomic E-state index is 0.0810. The Labute approximate surface area is 141 Å². The molecule has 2 aromatic rings. The van der Waals surface area contributed by atoms with Crippen LogP contribution in [0.2, 0.25) is 10.0 Å². The highest BCUT2D eigenvalue weighted by atomic mass is 35.5. The molecule has 0 heterocycles. The van der Waals surface area contributed by atoms with E-state index in [0.29, 0.717) is 0 Å². The van der Waals surface area contributed by atoms with Crippen molar-refractivity contribution in [1.29, 1.82) is 0 Å². The molecule has 0 amide bonds. The van der Waals surface area contributed by atoms with E-state index in [1.165, 1.54) is 5.56 Å². The Bertz CT molecular complexity index is 620. The third kappa shape index (κ3) is 5.55. The smallest absolute Gasteiger partial charge is 0.0417 e. The second-order valence-electron chi connectivity index (χ2n) is 5.92. The molecule has 2 rings (SSSR count). The molecule has 0 atom stereocenters. The molecule has 0 fully saturated rings. The third-order valence-corrected chi connectivity index (χ3v) is 4.42. The summed E-state index contributed by atoms with van der Waals surface area (Å²) in [6.07, 6.45) is 0. The first kappa shape index (κ1) is 16.7. The van der Waals surface area contributed by atoms with Crippen LogP contribution in [-0.4, -0.2) is 5.54 Å². The standard InChI is InChI=1S/C17H19Cl2NS/c1-17(2,3)20-11-12-7-8-14(19)10-16(12)21-15-6-4-5-13(18)9-15/h4-10,20H,11H2,1-3H3. The van der Waals surface area contributed by atoms with E-state index in [4.69, 9.17) is 23.2 Å². The van der Waals surface area contributed by atoms with Gasteiger partial charge in [-0.1, -0.05) is 47.1 Å². The summed E-state index contributed by atoms with van der Waals surface area (Å²) >= 11 is 13.9. The van der Waals surface area contributed by atoms with Crippen molar-refractivity contribution >= 4 is 35.0 Å². The minimum absolute atomic E-state index is 0.0810. The lowest BCUT2D eigenvalue weighted by Gasteiger charge is -2.21. The van der Waals surface area contributed by atoms with Crippen molar-refractivity contribution in [2.45, 2.75) is 42.6 Å². The van der Waals surface area contributed by atoms with E-state index in [2.05, 4.69) is 38.2 Å². The minimum Gasteiger partial charge on any atom is -0.308 e. The molecular weight excluding hydrogens is 321 g/mol. The maximum absolute atomic E-state index is 6.14. The van der Waals surface area contributed by atoms with Gasteiger partial charge in [-0.25, -0.2) is 0 Å². The van der Waals surface area contributed by atoms with Crippen molar-refractivity contribution in [2.24, 2.45) is 0 Å². The van der Waals surface area contributed by atoms with Gasteiger partial charge in [0.2, 0.25) is 0 Å². The lowest BCUT2D eigenvalue weighted by molar-refractivity contribution is 0.422. The van der Waals surface area contributed by atoms with Gasteiger partial charge in [-0.3, -0.25) is 0 Å². The van der Waals surface area contributed by atoms with Crippen molar-refractivity contribution in [3.8, 4) is 0 Å². The van der Waals surface area contributed by atoms with Crippen LogP contribution in [0.4, 0.5) is 0 Å². The summed E-state index contributed by atoms with van der Waals surface area (Å²) < 4.78 is 0. The molecule has 0 radical (unpaired) electrons. The van der Waals surface area contributed by atoms with E-state index in [-0.39, 0.29) is 5.54 Å². The molecule has 112 valence electrons. The number of rotatable bonds is 4. The van der Waals surface area contributed by atoms with Gasteiger partial charge in [0.05, 0.1) is 0 Å². The normalized spacial score (nSPS) is 11.7. The Morgan fingerprint density at radius 3 is 2.38 bits per heavy atom. The number of hydrogen-bond donors (Lipinski definition) is 1. The van der Waals surface area contributed by atoms with Crippen LogP contribution in [0, 0.1) is 0 Å². The molecular formula is C17H19Cl2NS. The number of nitrogens with one attached hydrogen (secondary N) is 1.